The average Bonchev–Trinajstić information content (AvgIpc) is 2.50. The standard InChI is InChI=1S/C10H10ClNOS2/c11-6-1-2-9(15)8(3-6)12-5-7(14)4-10(12)13/h1-3,7,14-15H,4-5H2. The number of hydrogen-bond acceptors (Lipinski definition) is 3. The first-order chi connectivity index (χ1) is 7.08. The van der Waals surface area contributed by atoms with Crippen LogP contribution in [0.4, 0.5) is 5.69 Å². The predicted octanol–water partition coefficient (Wildman–Crippen LogP) is 2.66. The van der Waals surface area contributed by atoms with E-state index in [2.05, 4.69) is 25.3 Å². The summed E-state index contributed by atoms with van der Waals surface area (Å²) in [5.74, 6) is 0.0765. The lowest BCUT2D eigenvalue weighted by atomic mass is 10.3. The maximum atomic E-state index is 11.6. The van der Waals surface area contributed by atoms with Gasteiger partial charge in [0.1, 0.15) is 0 Å². The van der Waals surface area contributed by atoms with Crippen molar-refractivity contribution in [3.63, 3.8) is 0 Å². The third-order valence-electron chi connectivity index (χ3n) is 2.33. The quantitative estimate of drug-likeness (QED) is 0.743. The predicted molar refractivity (Wildman–Crippen MR) is 68.4 cm³/mol. The lowest BCUT2D eigenvalue weighted by Gasteiger charge is -2.18. The first kappa shape index (κ1) is 11.2. The molecule has 0 bridgehead atoms. The van der Waals surface area contributed by atoms with Crippen LogP contribution in [0.15, 0.2) is 23.1 Å². The van der Waals surface area contributed by atoms with Gasteiger partial charge in [0.15, 0.2) is 0 Å². The highest BCUT2D eigenvalue weighted by atomic mass is 35.5. The second-order valence-electron chi connectivity index (χ2n) is 3.50. The first-order valence-corrected chi connectivity index (χ1v) is 5.89. The van der Waals surface area contributed by atoms with E-state index in [0.717, 1.165) is 10.6 Å². The van der Waals surface area contributed by atoms with Crippen molar-refractivity contribution >= 4 is 48.5 Å². The van der Waals surface area contributed by atoms with Gasteiger partial charge in [-0.2, -0.15) is 12.6 Å². The van der Waals surface area contributed by atoms with E-state index in [1.54, 1.807) is 23.1 Å². The maximum Gasteiger partial charge on any atom is 0.228 e. The first-order valence-electron chi connectivity index (χ1n) is 4.55. The molecule has 2 nitrogen and oxygen atoms in total. The fourth-order valence-corrected chi connectivity index (χ4v) is 2.38. The lowest BCUT2D eigenvalue weighted by Crippen LogP contribution is -2.24. The molecule has 15 heavy (non-hydrogen) atoms. The number of hydrogen-bond donors (Lipinski definition) is 2. The van der Waals surface area contributed by atoms with Gasteiger partial charge >= 0.3 is 0 Å². The van der Waals surface area contributed by atoms with E-state index in [9.17, 15) is 4.79 Å². The third kappa shape index (κ3) is 2.27. The summed E-state index contributed by atoms with van der Waals surface area (Å²) in [6, 6.07) is 5.31. The molecule has 0 N–H and O–H groups in total. The summed E-state index contributed by atoms with van der Waals surface area (Å²) in [5.41, 5.74) is 0.771. The van der Waals surface area contributed by atoms with E-state index in [1.165, 1.54) is 0 Å². The Labute approximate surface area is 104 Å². The summed E-state index contributed by atoms with van der Waals surface area (Å²) < 4.78 is 0. The van der Waals surface area contributed by atoms with Gasteiger partial charge in [-0.1, -0.05) is 11.6 Å². The molecule has 0 aromatic heterocycles. The van der Waals surface area contributed by atoms with Crippen molar-refractivity contribution in [2.75, 3.05) is 11.4 Å². The molecule has 0 radical (unpaired) electrons. The lowest BCUT2D eigenvalue weighted by molar-refractivity contribution is -0.117. The molecule has 1 fully saturated rings. The number of carbonyl (C=O) groups excluding carboxylic acids is 1. The Morgan fingerprint density at radius 2 is 2.20 bits per heavy atom. The molecule has 2 rings (SSSR count). The Morgan fingerprint density at radius 3 is 2.80 bits per heavy atom. The minimum Gasteiger partial charge on any atom is -0.310 e. The molecule has 1 aromatic carbocycles. The monoisotopic (exact) mass is 259 g/mol. The minimum absolute atomic E-state index is 0.0765. The van der Waals surface area contributed by atoms with Crippen molar-refractivity contribution < 1.29 is 4.79 Å². The zero-order valence-electron chi connectivity index (χ0n) is 7.85. The van der Waals surface area contributed by atoms with Gasteiger partial charge in [0.25, 0.3) is 0 Å². The second kappa shape index (κ2) is 4.28. The Morgan fingerprint density at radius 1 is 1.47 bits per heavy atom. The summed E-state index contributed by atoms with van der Waals surface area (Å²) >= 11 is 14.5. The van der Waals surface area contributed by atoms with Crippen LogP contribution in [-0.4, -0.2) is 17.7 Å². The van der Waals surface area contributed by atoms with Gasteiger partial charge in [-0.25, -0.2) is 0 Å². The van der Waals surface area contributed by atoms with Gasteiger partial charge in [0.2, 0.25) is 5.91 Å². The number of carbonyl (C=O) groups is 1. The number of nitrogens with zero attached hydrogens (tertiary/aromatic N) is 1. The van der Waals surface area contributed by atoms with Crippen LogP contribution < -0.4 is 4.90 Å². The van der Waals surface area contributed by atoms with Gasteiger partial charge in [-0.3, -0.25) is 4.79 Å². The molecule has 1 unspecified atom stereocenters. The Bertz CT molecular complexity index is 410. The fraction of sp³-hybridized carbons (Fsp3) is 0.300. The van der Waals surface area contributed by atoms with Crippen LogP contribution >= 0.6 is 36.9 Å². The number of anilines is 1. The van der Waals surface area contributed by atoms with E-state index in [4.69, 9.17) is 11.6 Å². The molecule has 1 amide bonds. The highest BCUT2D eigenvalue weighted by molar-refractivity contribution is 7.81. The summed E-state index contributed by atoms with van der Waals surface area (Å²) in [7, 11) is 0. The number of benzene rings is 1. The van der Waals surface area contributed by atoms with Gasteiger partial charge in [-0.15, -0.1) is 12.6 Å². The van der Waals surface area contributed by atoms with Gasteiger partial charge < -0.3 is 4.90 Å². The van der Waals surface area contributed by atoms with Gasteiger partial charge in [0, 0.05) is 28.1 Å². The smallest absolute Gasteiger partial charge is 0.228 e. The number of rotatable bonds is 1. The molecular formula is C10H10ClNOS2. The second-order valence-corrected chi connectivity index (χ2v) is 5.14. The van der Waals surface area contributed by atoms with Crippen LogP contribution in [0.5, 0.6) is 0 Å². The molecule has 0 spiro atoms. The zero-order valence-corrected chi connectivity index (χ0v) is 10.4. The number of thiol groups is 2. The van der Waals surface area contributed by atoms with Crippen LogP contribution in [0.3, 0.4) is 0 Å². The van der Waals surface area contributed by atoms with Crippen molar-refractivity contribution in [3.05, 3.63) is 23.2 Å². The van der Waals surface area contributed by atoms with Gasteiger partial charge in [-0.05, 0) is 18.2 Å². The zero-order chi connectivity index (χ0) is 11.0. The maximum absolute atomic E-state index is 11.6. The average molecular weight is 260 g/mol. The molecule has 0 saturated carbocycles. The molecule has 1 saturated heterocycles. The molecule has 5 heteroatoms. The molecule has 1 aliphatic rings. The van der Waals surface area contributed by atoms with E-state index >= 15 is 0 Å². The summed E-state index contributed by atoms with van der Waals surface area (Å²) in [6.45, 7) is 0.621. The van der Waals surface area contributed by atoms with Gasteiger partial charge in [0.05, 0.1) is 5.69 Å². The molecule has 1 aliphatic heterocycles. The van der Waals surface area contributed by atoms with Crippen molar-refractivity contribution in [2.24, 2.45) is 0 Å². The third-order valence-corrected chi connectivity index (χ3v) is 3.29. The minimum atomic E-state index is 0.0765. The Hall–Kier alpha value is -0.320. The topological polar surface area (TPSA) is 20.3 Å². The van der Waals surface area contributed by atoms with Crippen LogP contribution in [0.25, 0.3) is 0 Å². The van der Waals surface area contributed by atoms with E-state index in [-0.39, 0.29) is 11.2 Å². The van der Waals surface area contributed by atoms with Crippen LogP contribution in [0, 0.1) is 0 Å². The molecule has 1 heterocycles. The van der Waals surface area contributed by atoms with Crippen LogP contribution in [0.1, 0.15) is 6.42 Å². The number of halogens is 1. The fourth-order valence-electron chi connectivity index (χ4n) is 1.63. The van der Waals surface area contributed by atoms with Crippen LogP contribution in [0.2, 0.25) is 5.02 Å². The van der Waals surface area contributed by atoms with Crippen LogP contribution in [-0.2, 0) is 4.79 Å². The highest BCUT2D eigenvalue weighted by Gasteiger charge is 2.29. The molecule has 1 aromatic rings. The van der Waals surface area contributed by atoms with E-state index < -0.39 is 0 Å². The SMILES string of the molecule is O=C1CC(S)CN1c1cc(Cl)ccc1S. The molecule has 0 aliphatic carbocycles. The van der Waals surface area contributed by atoms with Crippen molar-refractivity contribution in [2.45, 2.75) is 16.6 Å². The Balaban J connectivity index is 2.37. The molecule has 1 atom stereocenters. The Kier molecular flexibility index (Phi) is 3.19. The largest absolute Gasteiger partial charge is 0.310 e. The highest BCUT2D eigenvalue weighted by Crippen LogP contribution is 2.31. The molecular weight excluding hydrogens is 250 g/mol. The summed E-state index contributed by atoms with van der Waals surface area (Å²) in [6.07, 6.45) is 0.475. The van der Waals surface area contributed by atoms with E-state index in [0.29, 0.717) is 18.0 Å². The summed E-state index contributed by atoms with van der Waals surface area (Å²) in [4.78, 5) is 14.1. The van der Waals surface area contributed by atoms with Crippen molar-refractivity contribution in [1.82, 2.24) is 0 Å². The van der Waals surface area contributed by atoms with E-state index in [1.807, 2.05) is 0 Å². The number of amides is 1. The van der Waals surface area contributed by atoms with Crippen molar-refractivity contribution in [3.8, 4) is 0 Å². The van der Waals surface area contributed by atoms with Crippen molar-refractivity contribution in [1.29, 1.82) is 0 Å². The normalized spacial score (nSPS) is 21.1. The summed E-state index contributed by atoms with van der Waals surface area (Å²) in [5, 5.41) is 0.711. The molecule has 80 valence electrons.